The first-order chi connectivity index (χ1) is 13.9. The van der Waals surface area contributed by atoms with Crippen LogP contribution in [-0.2, 0) is 6.54 Å². The van der Waals surface area contributed by atoms with Crippen LogP contribution in [-0.4, -0.2) is 40.7 Å². The van der Waals surface area contributed by atoms with Gasteiger partial charge in [-0.1, -0.05) is 25.4 Å². The van der Waals surface area contributed by atoms with Gasteiger partial charge >= 0.3 is 5.69 Å². The highest BCUT2D eigenvalue weighted by Gasteiger charge is 2.21. The van der Waals surface area contributed by atoms with Crippen LogP contribution < -0.4 is 21.0 Å². The molecule has 0 bridgehead atoms. The maximum Gasteiger partial charge on any atom is 0.329 e. The van der Waals surface area contributed by atoms with E-state index in [-0.39, 0.29) is 17.2 Å². The van der Waals surface area contributed by atoms with Gasteiger partial charge in [-0.3, -0.25) is 19.3 Å². The molecule has 2 aromatic heterocycles. The lowest BCUT2D eigenvalue weighted by atomic mass is 10.1. The van der Waals surface area contributed by atoms with Crippen molar-refractivity contribution in [1.29, 1.82) is 0 Å². The molecule has 1 aliphatic heterocycles. The number of piperazine rings is 1. The number of nitrogens with zero attached hydrogens (tertiary/aromatic N) is 4. The third-order valence-electron chi connectivity index (χ3n) is 5.20. The van der Waals surface area contributed by atoms with E-state index in [1.54, 1.807) is 6.20 Å². The Bertz CT molecular complexity index is 1110. The first-order valence-electron chi connectivity index (χ1n) is 9.80. The summed E-state index contributed by atoms with van der Waals surface area (Å²) in [5.74, 6) is 0.819. The molecule has 0 amide bonds. The van der Waals surface area contributed by atoms with E-state index in [1.165, 1.54) is 10.6 Å². The SMILES string of the molecule is CC(C)Cn1c(=O)cc(N2CCN(c3ccnc4cc(Cl)ccc34)CC2)[nH]c1=O. The average molecular weight is 414 g/mol. The number of pyridine rings is 1. The zero-order chi connectivity index (χ0) is 20.5. The van der Waals surface area contributed by atoms with Gasteiger partial charge in [-0.25, -0.2) is 4.79 Å². The number of fused-ring (bicyclic) bond motifs is 1. The first kappa shape index (κ1) is 19.5. The molecule has 0 spiro atoms. The summed E-state index contributed by atoms with van der Waals surface area (Å²) < 4.78 is 1.26. The van der Waals surface area contributed by atoms with Crippen LogP contribution in [0, 0.1) is 5.92 Å². The molecular weight excluding hydrogens is 390 g/mol. The quantitative estimate of drug-likeness (QED) is 0.711. The third kappa shape index (κ3) is 4.00. The van der Waals surface area contributed by atoms with E-state index < -0.39 is 0 Å². The van der Waals surface area contributed by atoms with Gasteiger partial charge in [0.15, 0.2) is 0 Å². The summed E-state index contributed by atoms with van der Waals surface area (Å²) in [6.07, 6.45) is 1.80. The van der Waals surface area contributed by atoms with Crippen LogP contribution in [0.25, 0.3) is 10.9 Å². The maximum atomic E-state index is 12.4. The first-order valence-corrected chi connectivity index (χ1v) is 10.2. The highest BCUT2D eigenvalue weighted by atomic mass is 35.5. The number of nitrogens with one attached hydrogen (secondary N) is 1. The molecule has 1 saturated heterocycles. The second kappa shape index (κ2) is 7.91. The Morgan fingerprint density at radius 2 is 1.79 bits per heavy atom. The molecule has 0 aliphatic carbocycles. The minimum absolute atomic E-state index is 0.230. The molecule has 8 heteroatoms. The van der Waals surface area contributed by atoms with Crippen LogP contribution in [0.5, 0.6) is 0 Å². The predicted octanol–water partition coefficient (Wildman–Crippen LogP) is 2.72. The molecule has 152 valence electrons. The van der Waals surface area contributed by atoms with Crippen molar-refractivity contribution in [3.63, 3.8) is 0 Å². The van der Waals surface area contributed by atoms with Crippen LogP contribution in [0.15, 0.2) is 46.1 Å². The van der Waals surface area contributed by atoms with Gasteiger partial charge < -0.3 is 9.80 Å². The number of aromatic nitrogens is 3. The van der Waals surface area contributed by atoms with Crippen molar-refractivity contribution in [3.8, 4) is 0 Å². The van der Waals surface area contributed by atoms with Crippen molar-refractivity contribution >= 4 is 34.0 Å². The van der Waals surface area contributed by atoms with Gasteiger partial charge in [0.1, 0.15) is 5.82 Å². The smallest absolute Gasteiger partial charge is 0.329 e. The number of benzene rings is 1. The summed E-state index contributed by atoms with van der Waals surface area (Å²) in [6, 6.07) is 9.29. The summed E-state index contributed by atoms with van der Waals surface area (Å²) in [5, 5.41) is 1.73. The van der Waals surface area contributed by atoms with E-state index in [1.807, 2.05) is 38.1 Å². The van der Waals surface area contributed by atoms with Crippen LogP contribution >= 0.6 is 11.6 Å². The molecule has 7 nitrogen and oxygen atoms in total. The predicted molar refractivity (Wildman–Crippen MR) is 117 cm³/mol. The minimum Gasteiger partial charge on any atom is -0.367 e. The van der Waals surface area contributed by atoms with Crippen molar-refractivity contribution in [2.24, 2.45) is 5.92 Å². The Kier molecular flexibility index (Phi) is 5.32. The highest BCUT2D eigenvalue weighted by molar-refractivity contribution is 6.31. The van der Waals surface area contributed by atoms with Gasteiger partial charge in [0.25, 0.3) is 5.56 Å². The molecule has 1 aliphatic rings. The van der Waals surface area contributed by atoms with E-state index in [9.17, 15) is 9.59 Å². The number of rotatable bonds is 4. The molecule has 0 radical (unpaired) electrons. The van der Waals surface area contributed by atoms with Crippen molar-refractivity contribution < 1.29 is 0 Å². The normalized spacial score (nSPS) is 14.8. The summed E-state index contributed by atoms with van der Waals surface area (Å²) >= 11 is 6.09. The lowest BCUT2D eigenvalue weighted by Crippen LogP contribution is -2.48. The molecular formula is C21H24ClN5O2. The van der Waals surface area contributed by atoms with Gasteiger partial charge in [0, 0.05) is 61.1 Å². The van der Waals surface area contributed by atoms with Crippen molar-refractivity contribution in [3.05, 3.63) is 62.4 Å². The van der Waals surface area contributed by atoms with Crippen LogP contribution in [0.4, 0.5) is 11.5 Å². The molecule has 0 saturated carbocycles. The Hall–Kier alpha value is -2.80. The number of H-pyrrole nitrogens is 1. The summed E-state index contributed by atoms with van der Waals surface area (Å²) in [4.78, 5) is 36.4. The molecule has 0 atom stereocenters. The van der Waals surface area contributed by atoms with E-state index in [0.717, 1.165) is 29.7 Å². The minimum atomic E-state index is -0.347. The molecule has 1 fully saturated rings. The van der Waals surface area contributed by atoms with Crippen LogP contribution in [0.2, 0.25) is 5.02 Å². The molecule has 1 aromatic carbocycles. The standard InChI is InChI=1S/C21H24ClN5O2/c1-14(2)13-27-20(28)12-19(24-21(27)29)26-9-7-25(8-10-26)18-5-6-23-17-11-15(22)3-4-16(17)18/h3-6,11-12,14H,7-10,13H2,1-2H3,(H,24,29). The van der Waals surface area contributed by atoms with E-state index in [0.29, 0.717) is 30.5 Å². The van der Waals surface area contributed by atoms with E-state index in [2.05, 4.69) is 19.8 Å². The van der Waals surface area contributed by atoms with Crippen molar-refractivity contribution in [1.82, 2.24) is 14.5 Å². The molecule has 0 unspecified atom stereocenters. The summed E-state index contributed by atoms with van der Waals surface area (Å²) in [5.41, 5.74) is 1.39. The Labute approximate surface area is 173 Å². The van der Waals surface area contributed by atoms with Gasteiger partial charge in [0.2, 0.25) is 0 Å². The summed E-state index contributed by atoms with van der Waals surface area (Å²) in [7, 11) is 0. The van der Waals surface area contributed by atoms with E-state index >= 15 is 0 Å². The van der Waals surface area contributed by atoms with Gasteiger partial charge in [0.05, 0.1) is 5.52 Å². The number of aromatic amines is 1. The highest BCUT2D eigenvalue weighted by Crippen LogP contribution is 2.28. The molecule has 1 N–H and O–H groups in total. The monoisotopic (exact) mass is 413 g/mol. The van der Waals surface area contributed by atoms with Crippen LogP contribution in [0.1, 0.15) is 13.8 Å². The Morgan fingerprint density at radius 1 is 1.07 bits per heavy atom. The zero-order valence-electron chi connectivity index (χ0n) is 16.6. The molecule has 3 heterocycles. The second-order valence-corrected chi connectivity index (χ2v) is 8.20. The molecule has 29 heavy (non-hydrogen) atoms. The van der Waals surface area contributed by atoms with E-state index in [4.69, 9.17) is 11.6 Å². The van der Waals surface area contributed by atoms with Crippen molar-refractivity contribution in [2.45, 2.75) is 20.4 Å². The van der Waals surface area contributed by atoms with Crippen molar-refractivity contribution in [2.75, 3.05) is 36.0 Å². The second-order valence-electron chi connectivity index (χ2n) is 7.77. The fourth-order valence-electron chi connectivity index (χ4n) is 3.79. The lowest BCUT2D eigenvalue weighted by molar-refractivity contribution is 0.491. The number of anilines is 2. The number of hydrogen-bond donors (Lipinski definition) is 1. The largest absolute Gasteiger partial charge is 0.367 e. The third-order valence-corrected chi connectivity index (χ3v) is 5.43. The fourth-order valence-corrected chi connectivity index (χ4v) is 3.95. The molecule has 3 aromatic rings. The average Bonchev–Trinajstić information content (AvgIpc) is 2.70. The van der Waals surface area contributed by atoms with Gasteiger partial charge in [-0.05, 0) is 30.2 Å². The topological polar surface area (TPSA) is 74.2 Å². The number of hydrogen-bond acceptors (Lipinski definition) is 5. The maximum absolute atomic E-state index is 12.4. The summed E-state index contributed by atoms with van der Waals surface area (Å²) in [6.45, 7) is 7.35. The molecule has 4 rings (SSSR count). The number of halogens is 1. The Morgan fingerprint density at radius 3 is 2.48 bits per heavy atom. The van der Waals surface area contributed by atoms with Gasteiger partial charge in [-0.15, -0.1) is 0 Å². The fraction of sp³-hybridized carbons (Fsp3) is 0.381. The lowest BCUT2D eigenvalue weighted by Gasteiger charge is -2.37. The zero-order valence-corrected chi connectivity index (χ0v) is 17.3. The van der Waals surface area contributed by atoms with Crippen LogP contribution in [0.3, 0.4) is 0 Å². The van der Waals surface area contributed by atoms with Gasteiger partial charge in [-0.2, -0.15) is 0 Å². The Balaban J connectivity index is 1.53.